The summed E-state index contributed by atoms with van der Waals surface area (Å²) in [5.41, 5.74) is 5.86. The molecule has 0 bridgehead atoms. The molecule has 0 saturated carbocycles. The highest BCUT2D eigenvalue weighted by atomic mass is 16.5. The lowest BCUT2D eigenvalue weighted by Gasteiger charge is -2.29. The molecule has 3 atom stereocenters. The van der Waals surface area contributed by atoms with Crippen LogP contribution >= 0.6 is 0 Å². The minimum Gasteiger partial charge on any atom is -0.377 e. The van der Waals surface area contributed by atoms with Crippen LogP contribution in [0.3, 0.4) is 0 Å². The first-order chi connectivity index (χ1) is 8.49. The molecule has 18 heavy (non-hydrogen) atoms. The third-order valence-electron chi connectivity index (χ3n) is 4.65. The molecule has 1 fully saturated rings. The summed E-state index contributed by atoms with van der Waals surface area (Å²) in [4.78, 5) is 0. The molecular formula is C15H32N2O. The lowest BCUT2D eigenvalue weighted by molar-refractivity contribution is 0.0884. The summed E-state index contributed by atoms with van der Waals surface area (Å²) in [7, 11) is 0. The van der Waals surface area contributed by atoms with E-state index in [1.54, 1.807) is 0 Å². The molecule has 0 amide bonds. The Labute approximate surface area is 113 Å². The van der Waals surface area contributed by atoms with Crippen LogP contribution in [0.1, 0.15) is 53.4 Å². The van der Waals surface area contributed by atoms with E-state index >= 15 is 0 Å². The molecule has 108 valence electrons. The summed E-state index contributed by atoms with van der Waals surface area (Å²) < 4.78 is 5.64. The normalized spacial score (nSPS) is 30.0. The van der Waals surface area contributed by atoms with Crippen molar-refractivity contribution in [3.63, 3.8) is 0 Å². The molecule has 0 aromatic rings. The Morgan fingerprint density at radius 1 is 1.39 bits per heavy atom. The molecule has 1 aliphatic heterocycles. The quantitative estimate of drug-likeness (QED) is 0.656. The van der Waals surface area contributed by atoms with E-state index < -0.39 is 0 Å². The van der Waals surface area contributed by atoms with Gasteiger partial charge in [0.2, 0.25) is 0 Å². The van der Waals surface area contributed by atoms with Crippen LogP contribution in [-0.2, 0) is 4.74 Å². The monoisotopic (exact) mass is 256 g/mol. The molecule has 0 aliphatic carbocycles. The van der Waals surface area contributed by atoms with Crippen molar-refractivity contribution in [2.24, 2.45) is 17.6 Å². The molecule has 1 saturated heterocycles. The predicted octanol–water partition coefficient (Wildman–Crippen LogP) is 2.54. The van der Waals surface area contributed by atoms with Gasteiger partial charge in [-0.3, -0.25) is 0 Å². The molecule has 0 aromatic carbocycles. The third kappa shape index (κ3) is 4.52. The predicted molar refractivity (Wildman–Crippen MR) is 77.7 cm³/mol. The Bertz CT molecular complexity index is 233. The molecule has 3 unspecified atom stereocenters. The van der Waals surface area contributed by atoms with Crippen LogP contribution in [0.25, 0.3) is 0 Å². The second-order valence-electron chi connectivity index (χ2n) is 6.33. The summed E-state index contributed by atoms with van der Waals surface area (Å²) in [6, 6.07) is 0. The van der Waals surface area contributed by atoms with E-state index in [-0.39, 0.29) is 5.54 Å². The van der Waals surface area contributed by atoms with Gasteiger partial charge >= 0.3 is 0 Å². The van der Waals surface area contributed by atoms with Crippen molar-refractivity contribution in [2.75, 3.05) is 19.7 Å². The zero-order valence-corrected chi connectivity index (χ0v) is 12.7. The van der Waals surface area contributed by atoms with Crippen LogP contribution in [0.5, 0.6) is 0 Å². The van der Waals surface area contributed by atoms with E-state index in [0.717, 1.165) is 44.4 Å². The van der Waals surface area contributed by atoms with E-state index in [2.05, 4.69) is 33.0 Å². The standard InChI is InChI=1S/C15H32N2O/c1-12(2)14(7-9-16)6-5-10-17-15(4)8-11-18-13(15)3/h12-14,17H,5-11,16H2,1-4H3. The fourth-order valence-electron chi connectivity index (χ4n) is 2.83. The van der Waals surface area contributed by atoms with E-state index in [9.17, 15) is 0 Å². The van der Waals surface area contributed by atoms with Crippen LogP contribution in [-0.4, -0.2) is 31.3 Å². The minimum absolute atomic E-state index is 0.182. The SMILES string of the molecule is CC(C)C(CCN)CCCNC1(C)CCOC1C. The number of ether oxygens (including phenoxy) is 1. The Balaban J connectivity index is 2.21. The first-order valence-electron chi connectivity index (χ1n) is 7.56. The van der Waals surface area contributed by atoms with Gasteiger partial charge in [-0.25, -0.2) is 0 Å². The van der Waals surface area contributed by atoms with E-state index in [0.29, 0.717) is 6.10 Å². The van der Waals surface area contributed by atoms with Crippen molar-refractivity contribution in [2.45, 2.75) is 65.0 Å². The molecule has 3 N–H and O–H groups in total. The van der Waals surface area contributed by atoms with E-state index in [1.807, 2.05) is 0 Å². The van der Waals surface area contributed by atoms with E-state index in [4.69, 9.17) is 10.5 Å². The van der Waals surface area contributed by atoms with Crippen molar-refractivity contribution in [1.82, 2.24) is 5.32 Å². The number of nitrogens with one attached hydrogen (secondary N) is 1. The molecule has 3 heteroatoms. The topological polar surface area (TPSA) is 47.3 Å². The highest BCUT2D eigenvalue weighted by Crippen LogP contribution is 2.25. The van der Waals surface area contributed by atoms with Crippen molar-refractivity contribution in [1.29, 1.82) is 0 Å². The van der Waals surface area contributed by atoms with Gasteiger partial charge in [0.25, 0.3) is 0 Å². The van der Waals surface area contributed by atoms with Gasteiger partial charge in [-0.15, -0.1) is 0 Å². The van der Waals surface area contributed by atoms with Gasteiger partial charge in [-0.05, 0) is 64.5 Å². The maximum Gasteiger partial charge on any atom is 0.0726 e. The maximum absolute atomic E-state index is 5.68. The van der Waals surface area contributed by atoms with Gasteiger partial charge < -0.3 is 15.8 Å². The minimum atomic E-state index is 0.182. The van der Waals surface area contributed by atoms with Gasteiger partial charge in [0.1, 0.15) is 0 Å². The summed E-state index contributed by atoms with van der Waals surface area (Å²) in [6.07, 6.45) is 5.15. The first-order valence-corrected chi connectivity index (χ1v) is 7.56. The van der Waals surface area contributed by atoms with Crippen molar-refractivity contribution >= 4 is 0 Å². The lowest BCUT2D eigenvalue weighted by Crippen LogP contribution is -2.48. The van der Waals surface area contributed by atoms with E-state index in [1.165, 1.54) is 12.8 Å². The zero-order valence-electron chi connectivity index (χ0n) is 12.7. The maximum atomic E-state index is 5.68. The molecule has 3 nitrogen and oxygen atoms in total. The van der Waals surface area contributed by atoms with Gasteiger partial charge in [0, 0.05) is 12.1 Å². The third-order valence-corrected chi connectivity index (χ3v) is 4.65. The fourth-order valence-corrected chi connectivity index (χ4v) is 2.83. The van der Waals surface area contributed by atoms with Crippen molar-refractivity contribution < 1.29 is 4.74 Å². The Hall–Kier alpha value is -0.120. The highest BCUT2D eigenvalue weighted by molar-refractivity contribution is 4.93. The molecule has 1 rings (SSSR count). The largest absolute Gasteiger partial charge is 0.377 e. The van der Waals surface area contributed by atoms with Crippen LogP contribution < -0.4 is 11.1 Å². The zero-order chi connectivity index (χ0) is 13.6. The Morgan fingerprint density at radius 2 is 2.11 bits per heavy atom. The number of hydrogen-bond donors (Lipinski definition) is 2. The van der Waals surface area contributed by atoms with Crippen molar-refractivity contribution in [3.05, 3.63) is 0 Å². The van der Waals surface area contributed by atoms with Crippen LogP contribution in [0.2, 0.25) is 0 Å². The summed E-state index contributed by atoms with van der Waals surface area (Å²) in [6.45, 7) is 11.9. The first kappa shape index (κ1) is 15.9. The fraction of sp³-hybridized carbons (Fsp3) is 1.00. The lowest BCUT2D eigenvalue weighted by atomic mass is 9.88. The van der Waals surface area contributed by atoms with Crippen LogP contribution in [0.4, 0.5) is 0 Å². The smallest absolute Gasteiger partial charge is 0.0726 e. The Kier molecular flexibility index (Phi) is 6.61. The molecule has 0 spiro atoms. The molecular weight excluding hydrogens is 224 g/mol. The van der Waals surface area contributed by atoms with Gasteiger partial charge in [-0.2, -0.15) is 0 Å². The average molecular weight is 256 g/mol. The molecule has 1 aliphatic rings. The molecule has 0 aromatic heterocycles. The Morgan fingerprint density at radius 3 is 2.61 bits per heavy atom. The second-order valence-corrected chi connectivity index (χ2v) is 6.33. The van der Waals surface area contributed by atoms with Gasteiger partial charge in [0.15, 0.2) is 0 Å². The number of nitrogens with two attached hydrogens (primary N) is 1. The highest BCUT2D eigenvalue weighted by Gasteiger charge is 2.36. The summed E-state index contributed by atoms with van der Waals surface area (Å²) in [5, 5.41) is 3.69. The van der Waals surface area contributed by atoms with Crippen LogP contribution in [0, 0.1) is 11.8 Å². The van der Waals surface area contributed by atoms with Crippen LogP contribution in [0.15, 0.2) is 0 Å². The number of hydrogen-bond acceptors (Lipinski definition) is 3. The molecule has 1 heterocycles. The summed E-state index contributed by atoms with van der Waals surface area (Å²) in [5.74, 6) is 1.53. The van der Waals surface area contributed by atoms with Gasteiger partial charge in [0.05, 0.1) is 6.10 Å². The number of rotatable bonds is 8. The molecule has 0 radical (unpaired) electrons. The second kappa shape index (κ2) is 7.46. The average Bonchev–Trinajstić information content (AvgIpc) is 2.64. The van der Waals surface area contributed by atoms with Gasteiger partial charge in [-0.1, -0.05) is 13.8 Å². The van der Waals surface area contributed by atoms with Crippen molar-refractivity contribution in [3.8, 4) is 0 Å². The summed E-state index contributed by atoms with van der Waals surface area (Å²) >= 11 is 0.